The number of hydrogen-bond donors (Lipinski definition) is 4. The molecular weight excluding hydrogens is 483 g/mol. The van der Waals surface area contributed by atoms with Crippen molar-refractivity contribution in [3.8, 4) is 11.1 Å². The van der Waals surface area contributed by atoms with Gasteiger partial charge in [-0.15, -0.1) is 0 Å². The standard InChI is InChI=1S/C24H17FN8O4/c25-17-10-16(22(35)32-33-26)12(9-19-13-3-1-2-4-14(13)21(34)31-30-19)7-15(17)11-5-6-18-20(8-11)28-23(27-18)29-24(36)37/h3-8,10H,1-2,9H2,(H,31,34)(H,36,37)(H2,27,28,29). The number of halogens is 1. The first-order chi connectivity index (χ1) is 17.8. The number of anilines is 1. The minimum Gasteiger partial charge on any atom is -0.465 e. The normalized spacial score (nSPS) is 12.1. The van der Waals surface area contributed by atoms with Crippen LogP contribution in [0.3, 0.4) is 0 Å². The number of imidazole rings is 1. The van der Waals surface area contributed by atoms with Crippen molar-refractivity contribution in [1.29, 1.82) is 0 Å². The number of nitrogens with zero attached hydrogens (tertiary/aromatic N) is 5. The van der Waals surface area contributed by atoms with Crippen LogP contribution in [0, 0.1) is 5.82 Å². The largest absolute Gasteiger partial charge is 0.465 e. The van der Waals surface area contributed by atoms with E-state index in [0.717, 1.165) is 6.07 Å². The fourth-order valence-corrected chi connectivity index (χ4v) is 4.33. The number of amides is 2. The highest BCUT2D eigenvalue weighted by Gasteiger charge is 2.19. The molecule has 0 radical (unpaired) electrons. The van der Waals surface area contributed by atoms with Gasteiger partial charge in [0, 0.05) is 32.9 Å². The molecule has 0 spiro atoms. The van der Waals surface area contributed by atoms with E-state index in [1.807, 2.05) is 12.2 Å². The van der Waals surface area contributed by atoms with Gasteiger partial charge < -0.3 is 10.1 Å². The number of hydrogen-bond acceptors (Lipinski definition) is 5. The number of carbonyl (C=O) groups excluding carboxylic acids is 1. The van der Waals surface area contributed by atoms with Gasteiger partial charge in [-0.1, -0.05) is 18.2 Å². The molecule has 5 rings (SSSR count). The van der Waals surface area contributed by atoms with Gasteiger partial charge in [0.2, 0.25) is 11.9 Å². The quantitative estimate of drug-likeness (QED) is 0.185. The smallest absolute Gasteiger partial charge is 0.411 e. The van der Waals surface area contributed by atoms with E-state index in [4.69, 9.17) is 10.6 Å². The van der Waals surface area contributed by atoms with Crippen molar-refractivity contribution in [2.75, 3.05) is 5.32 Å². The minimum atomic E-state index is -1.29. The third-order valence-corrected chi connectivity index (χ3v) is 5.94. The molecule has 0 bridgehead atoms. The number of H-pyrrole nitrogens is 2. The molecule has 2 aromatic heterocycles. The van der Waals surface area contributed by atoms with Crippen molar-refractivity contribution in [1.82, 2.24) is 20.2 Å². The highest BCUT2D eigenvalue weighted by atomic mass is 19.1. The Bertz CT molecular complexity index is 1840. The summed E-state index contributed by atoms with van der Waals surface area (Å²) in [6, 6.07) is 7.27. The molecule has 0 fully saturated rings. The molecule has 0 aliphatic heterocycles. The number of azide groups is 1. The topological polar surface area (TPSA) is 190 Å². The van der Waals surface area contributed by atoms with Gasteiger partial charge in [-0.25, -0.2) is 19.3 Å². The number of aromatic nitrogens is 4. The number of fused-ring (bicyclic) bond motifs is 2. The molecule has 2 amide bonds. The molecule has 0 atom stereocenters. The summed E-state index contributed by atoms with van der Waals surface area (Å²) in [7, 11) is 0. The van der Waals surface area contributed by atoms with Crippen molar-refractivity contribution in [2.24, 2.45) is 5.11 Å². The first-order valence-corrected chi connectivity index (χ1v) is 11.0. The maximum absolute atomic E-state index is 15.3. The maximum atomic E-state index is 15.3. The average molecular weight is 500 g/mol. The monoisotopic (exact) mass is 500 g/mol. The summed E-state index contributed by atoms with van der Waals surface area (Å²) in [5.74, 6) is -1.68. The Morgan fingerprint density at radius 1 is 1.19 bits per heavy atom. The van der Waals surface area contributed by atoms with Crippen molar-refractivity contribution in [3.63, 3.8) is 0 Å². The van der Waals surface area contributed by atoms with Crippen LogP contribution in [0.2, 0.25) is 0 Å². The third-order valence-electron chi connectivity index (χ3n) is 5.94. The van der Waals surface area contributed by atoms with Crippen LogP contribution in [0.4, 0.5) is 15.1 Å². The lowest BCUT2D eigenvalue weighted by molar-refractivity contribution is 0.0999. The maximum Gasteiger partial charge on any atom is 0.411 e. The lowest BCUT2D eigenvalue weighted by Gasteiger charge is -2.12. The zero-order chi connectivity index (χ0) is 26.1. The van der Waals surface area contributed by atoms with Crippen molar-refractivity contribution in [3.05, 3.63) is 84.2 Å². The van der Waals surface area contributed by atoms with E-state index in [-0.39, 0.29) is 29.1 Å². The van der Waals surface area contributed by atoms with Gasteiger partial charge in [0.15, 0.2) is 0 Å². The Morgan fingerprint density at radius 2 is 1.97 bits per heavy atom. The first-order valence-electron chi connectivity index (χ1n) is 11.0. The van der Waals surface area contributed by atoms with Gasteiger partial charge >= 0.3 is 6.09 Å². The molecule has 0 saturated carbocycles. The van der Waals surface area contributed by atoms with Gasteiger partial charge in [0.1, 0.15) is 5.82 Å². The Kier molecular flexibility index (Phi) is 5.96. The fourth-order valence-electron chi connectivity index (χ4n) is 4.33. The summed E-state index contributed by atoms with van der Waals surface area (Å²) in [4.78, 5) is 45.1. The Labute approximate surface area is 205 Å². The molecule has 1 aliphatic rings. The van der Waals surface area contributed by atoms with E-state index in [2.05, 4.69) is 35.5 Å². The number of rotatable bonds is 5. The van der Waals surface area contributed by atoms with Crippen molar-refractivity contribution in [2.45, 2.75) is 19.3 Å². The van der Waals surface area contributed by atoms with Gasteiger partial charge in [0.25, 0.3) is 5.56 Å². The van der Waals surface area contributed by atoms with Crippen LogP contribution in [-0.2, 0) is 6.42 Å². The van der Waals surface area contributed by atoms with Crippen LogP contribution in [-0.4, -0.2) is 37.3 Å². The number of carboxylic acid groups (broad SMARTS) is 1. The van der Waals surface area contributed by atoms with E-state index < -0.39 is 17.8 Å². The van der Waals surface area contributed by atoms with Crippen molar-refractivity contribution >= 4 is 41.1 Å². The highest BCUT2D eigenvalue weighted by Crippen LogP contribution is 2.30. The number of nitrogens with one attached hydrogen (secondary N) is 3. The summed E-state index contributed by atoms with van der Waals surface area (Å²) < 4.78 is 15.3. The van der Waals surface area contributed by atoms with E-state index in [1.165, 1.54) is 6.07 Å². The Morgan fingerprint density at radius 3 is 2.73 bits per heavy atom. The minimum absolute atomic E-state index is 0.0121. The Hall–Kier alpha value is -5.29. The first kappa shape index (κ1) is 23.5. The second-order valence-corrected chi connectivity index (χ2v) is 8.22. The molecular formula is C24H17FN8O4. The summed E-state index contributed by atoms with van der Waals surface area (Å²) in [6.07, 6.45) is 3.89. The second-order valence-electron chi connectivity index (χ2n) is 8.22. The van der Waals surface area contributed by atoms with E-state index in [0.29, 0.717) is 51.1 Å². The number of benzene rings is 2. The summed E-state index contributed by atoms with van der Waals surface area (Å²) in [6.45, 7) is 0. The molecule has 4 aromatic rings. The molecule has 13 heteroatoms. The van der Waals surface area contributed by atoms with Crippen LogP contribution in [0.1, 0.15) is 34.5 Å². The number of aromatic amines is 2. The molecule has 4 N–H and O–H groups in total. The lowest BCUT2D eigenvalue weighted by Crippen LogP contribution is -2.45. The van der Waals surface area contributed by atoms with E-state index >= 15 is 4.39 Å². The van der Waals surface area contributed by atoms with Gasteiger partial charge in [-0.05, 0) is 58.9 Å². The molecule has 37 heavy (non-hydrogen) atoms. The molecule has 2 heterocycles. The van der Waals surface area contributed by atoms with E-state index in [1.54, 1.807) is 18.2 Å². The second kappa shape index (κ2) is 9.40. The summed E-state index contributed by atoms with van der Waals surface area (Å²) in [5.41, 5.74) is 10.6. The predicted molar refractivity (Wildman–Crippen MR) is 132 cm³/mol. The molecule has 0 unspecified atom stereocenters. The van der Waals surface area contributed by atoms with Crippen LogP contribution in [0.25, 0.3) is 44.8 Å². The SMILES string of the molecule is [N-]=[N+]=NC(=O)c1cc(F)c(-c2ccc3[nH]c(NC(=O)O)nc3c2)cc1Cc1n[nH]c(=O)c2c1=CCCC=2. The molecule has 2 aromatic carbocycles. The van der Waals surface area contributed by atoms with Crippen LogP contribution in [0.5, 0.6) is 0 Å². The third kappa shape index (κ3) is 4.54. The van der Waals surface area contributed by atoms with E-state index in [9.17, 15) is 14.4 Å². The van der Waals surface area contributed by atoms with Crippen molar-refractivity contribution < 1.29 is 19.1 Å². The summed E-state index contributed by atoms with van der Waals surface area (Å²) >= 11 is 0. The van der Waals surface area contributed by atoms with Crippen LogP contribution < -0.4 is 21.3 Å². The van der Waals surface area contributed by atoms with Gasteiger partial charge in [0.05, 0.1) is 16.7 Å². The van der Waals surface area contributed by atoms with Gasteiger partial charge in [-0.2, -0.15) is 5.10 Å². The average Bonchev–Trinajstić information content (AvgIpc) is 3.27. The molecule has 1 aliphatic carbocycles. The zero-order valence-corrected chi connectivity index (χ0v) is 18.9. The Balaban J connectivity index is 1.65. The molecule has 12 nitrogen and oxygen atoms in total. The molecule has 0 saturated heterocycles. The summed E-state index contributed by atoms with van der Waals surface area (Å²) in [5, 5.41) is 21.9. The van der Waals surface area contributed by atoms with Gasteiger partial charge in [-0.3, -0.25) is 14.9 Å². The van der Waals surface area contributed by atoms with Crippen LogP contribution >= 0.6 is 0 Å². The van der Waals surface area contributed by atoms with Crippen LogP contribution in [0.15, 0.2) is 40.2 Å². The lowest BCUT2D eigenvalue weighted by atomic mass is 9.94. The fraction of sp³-hybridized carbons (Fsp3) is 0.125. The predicted octanol–water partition coefficient (Wildman–Crippen LogP) is 2.94. The highest BCUT2D eigenvalue weighted by molar-refractivity contribution is 5.97. The zero-order valence-electron chi connectivity index (χ0n) is 18.9. The number of carbonyl (C=O) groups is 2. The molecule has 184 valence electrons.